The minimum absolute atomic E-state index is 0. The van der Waals surface area contributed by atoms with Crippen LogP contribution >= 0.6 is 24.2 Å². The van der Waals surface area contributed by atoms with E-state index in [4.69, 9.17) is 0 Å². The summed E-state index contributed by atoms with van der Waals surface area (Å²) in [6.07, 6.45) is 8.56. The van der Waals surface area contributed by atoms with Crippen molar-refractivity contribution in [3.63, 3.8) is 0 Å². The number of rotatable bonds is 4. The predicted octanol–water partition coefficient (Wildman–Crippen LogP) is 1.43. The van der Waals surface area contributed by atoms with Gasteiger partial charge in [-0.25, -0.2) is 15.0 Å². The van der Waals surface area contributed by atoms with Gasteiger partial charge < -0.3 is 20.5 Å². The van der Waals surface area contributed by atoms with Crippen molar-refractivity contribution in [3.05, 3.63) is 23.8 Å². The van der Waals surface area contributed by atoms with Gasteiger partial charge in [-0.3, -0.25) is 4.79 Å². The molecule has 2 aliphatic rings. The van der Waals surface area contributed by atoms with Gasteiger partial charge >= 0.3 is 0 Å². The molecule has 0 aromatic carbocycles. The number of H-pyrrole nitrogens is 1. The molecule has 4 rings (SSSR count). The third-order valence-corrected chi connectivity index (χ3v) is 5.47. The number of halogens is 1. The first-order valence-corrected chi connectivity index (χ1v) is 9.57. The van der Waals surface area contributed by atoms with Gasteiger partial charge in [-0.1, -0.05) is 6.42 Å². The fraction of sp³-hybridized carbons (Fsp3) is 0.500. The Morgan fingerprint density at radius 3 is 3.12 bits per heavy atom. The Morgan fingerprint density at radius 1 is 1.35 bits per heavy atom. The van der Waals surface area contributed by atoms with Crippen molar-refractivity contribution in [2.24, 2.45) is 0 Å². The number of aromatic nitrogens is 4. The maximum atomic E-state index is 12.5. The summed E-state index contributed by atoms with van der Waals surface area (Å²) in [7, 11) is 0. The van der Waals surface area contributed by atoms with Gasteiger partial charge in [0.25, 0.3) is 5.91 Å². The number of carbonyl (C=O) groups excluding carboxylic acids is 1. The molecule has 8 nitrogen and oxygen atoms in total. The molecule has 0 bridgehead atoms. The zero-order valence-corrected chi connectivity index (χ0v) is 15.9. The molecule has 1 atom stereocenters. The van der Waals surface area contributed by atoms with Gasteiger partial charge in [0, 0.05) is 31.1 Å². The second-order valence-corrected chi connectivity index (χ2v) is 7.33. The van der Waals surface area contributed by atoms with E-state index in [0.717, 1.165) is 36.6 Å². The van der Waals surface area contributed by atoms with Crippen molar-refractivity contribution in [3.8, 4) is 0 Å². The third kappa shape index (κ3) is 4.11. The van der Waals surface area contributed by atoms with Crippen LogP contribution in [0.1, 0.15) is 19.3 Å². The summed E-state index contributed by atoms with van der Waals surface area (Å²) >= 11 is 1.58. The van der Waals surface area contributed by atoms with Crippen LogP contribution in [0.25, 0.3) is 11.2 Å². The van der Waals surface area contributed by atoms with Crippen molar-refractivity contribution < 1.29 is 4.79 Å². The van der Waals surface area contributed by atoms with Crippen LogP contribution in [0.3, 0.4) is 0 Å². The number of hydrogen-bond donors (Lipinski definition) is 3. The molecule has 1 fully saturated rings. The second kappa shape index (κ2) is 8.70. The number of aromatic amines is 1. The molecule has 0 saturated carbocycles. The van der Waals surface area contributed by atoms with Gasteiger partial charge in [0.2, 0.25) is 0 Å². The Labute approximate surface area is 162 Å². The average molecular weight is 396 g/mol. The zero-order valence-electron chi connectivity index (χ0n) is 14.3. The molecule has 2 aromatic heterocycles. The van der Waals surface area contributed by atoms with Crippen molar-refractivity contribution in [1.29, 1.82) is 0 Å². The Morgan fingerprint density at radius 2 is 2.27 bits per heavy atom. The summed E-state index contributed by atoms with van der Waals surface area (Å²) < 4.78 is 0. The van der Waals surface area contributed by atoms with E-state index in [1.54, 1.807) is 18.1 Å². The number of piperidine rings is 1. The van der Waals surface area contributed by atoms with Crippen LogP contribution in [0.4, 0.5) is 5.82 Å². The fourth-order valence-corrected chi connectivity index (χ4v) is 4.07. The van der Waals surface area contributed by atoms with Crippen molar-refractivity contribution in [2.75, 3.05) is 30.3 Å². The van der Waals surface area contributed by atoms with E-state index < -0.39 is 0 Å². The van der Waals surface area contributed by atoms with Gasteiger partial charge in [0.05, 0.1) is 11.2 Å². The van der Waals surface area contributed by atoms with Crippen LogP contribution in [0.15, 0.2) is 23.8 Å². The molecule has 0 aliphatic carbocycles. The highest BCUT2D eigenvalue weighted by Crippen LogP contribution is 2.27. The van der Waals surface area contributed by atoms with Gasteiger partial charge in [-0.15, -0.1) is 24.2 Å². The molecule has 26 heavy (non-hydrogen) atoms. The first kappa shape index (κ1) is 18.9. The molecule has 140 valence electrons. The highest BCUT2D eigenvalue weighted by atomic mass is 35.5. The van der Waals surface area contributed by atoms with Crippen molar-refractivity contribution in [1.82, 2.24) is 30.6 Å². The monoisotopic (exact) mass is 395 g/mol. The molecule has 1 saturated heterocycles. The van der Waals surface area contributed by atoms with Gasteiger partial charge in [-0.2, -0.15) is 0 Å². The number of nitrogens with one attached hydrogen (secondary N) is 3. The SMILES string of the molecule is Cl.O=C(NC[C@H]1CCCCN1)C1=CN(c2ncnc3nc[nH]c23)CCS1. The van der Waals surface area contributed by atoms with Crippen molar-refractivity contribution in [2.45, 2.75) is 25.3 Å². The first-order chi connectivity index (χ1) is 12.3. The summed E-state index contributed by atoms with van der Waals surface area (Å²) in [5, 5.41) is 6.51. The second-order valence-electron chi connectivity index (χ2n) is 6.19. The molecule has 2 aliphatic heterocycles. The lowest BCUT2D eigenvalue weighted by Crippen LogP contribution is -2.44. The fourth-order valence-electron chi connectivity index (χ4n) is 3.16. The predicted molar refractivity (Wildman–Crippen MR) is 105 cm³/mol. The molecule has 3 N–H and O–H groups in total. The van der Waals surface area contributed by atoms with E-state index in [0.29, 0.717) is 23.1 Å². The lowest BCUT2D eigenvalue weighted by molar-refractivity contribution is -0.116. The lowest BCUT2D eigenvalue weighted by Gasteiger charge is -2.26. The highest BCUT2D eigenvalue weighted by Gasteiger charge is 2.22. The molecule has 0 radical (unpaired) electrons. The Hall–Kier alpha value is -1.84. The topological polar surface area (TPSA) is 98.8 Å². The van der Waals surface area contributed by atoms with Crippen LogP contribution in [0.2, 0.25) is 0 Å². The minimum Gasteiger partial charge on any atom is -0.350 e. The number of thioether (sulfide) groups is 1. The molecule has 1 amide bonds. The summed E-state index contributed by atoms with van der Waals surface area (Å²) in [5.74, 6) is 1.57. The Kier molecular flexibility index (Phi) is 6.33. The molecule has 2 aromatic rings. The molecular weight excluding hydrogens is 374 g/mol. The third-order valence-electron chi connectivity index (χ3n) is 4.48. The van der Waals surface area contributed by atoms with E-state index in [1.165, 1.54) is 19.2 Å². The number of fused-ring (bicyclic) bond motifs is 1. The van der Waals surface area contributed by atoms with E-state index >= 15 is 0 Å². The molecule has 0 spiro atoms. The normalized spacial score (nSPS) is 20.4. The number of carbonyl (C=O) groups is 1. The highest BCUT2D eigenvalue weighted by molar-refractivity contribution is 8.04. The molecule has 0 unspecified atom stereocenters. The summed E-state index contributed by atoms with van der Waals surface area (Å²) in [6.45, 7) is 2.51. The van der Waals surface area contributed by atoms with Crippen LogP contribution in [-0.2, 0) is 4.79 Å². The quantitative estimate of drug-likeness (QED) is 0.720. The Balaban J connectivity index is 0.00000196. The average Bonchev–Trinajstić information content (AvgIpc) is 3.16. The van der Waals surface area contributed by atoms with Crippen LogP contribution in [0, 0.1) is 0 Å². The van der Waals surface area contributed by atoms with Crippen molar-refractivity contribution >= 4 is 47.1 Å². The van der Waals surface area contributed by atoms with Gasteiger partial charge in [0.1, 0.15) is 11.8 Å². The largest absolute Gasteiger partial charge is 0.350 e. The molecule has 10 heteroatoms. The lowest BCUT2D eigenvalue weighted by atomic mass is 10.1. The van der Waals surface area contributed by atoms with Gasteiger partial charge in [0.15, 0.2) is 11.5 Å². The maximum absolute atomic E-state index is 12.5. The number of anilines is 1. The Bertz CT molecular complexity index is 790. The number of hydrogen-bond acceptors (Lipinski definition) is 7. The first-order valence-electron chi connectivity index (χ1n) is 8.58. The number of nitrogens with zero attached hydrogens (tertiary/aromatic N) is 4. The minimum atomic E-state index is -0.0167. The van der Waals surface area contributed by atoms with E-state index in [1.807, 2.05) is 11.1 Å². The molecular formula is C16H22ClN7OS. The smallest absolute Gasteiger partial charge is 0.259 e. The van der Waals surface area contributed by atoms with E-state index in [9.17, 15) is 4.79 Å². The molecule has 4 heterocycles. The maximum Gasteiger partial charge on any atom is 0.259 e. The van der Waals surface area contributed by atoms with Gasteiger partial charge in [-0.05, 0) is 19.4 Å². The summed E-state index contributed by atoms with van der Waals surface area (Å²) in [6, 6.07) is 0.384. The van der Waals surface area contributed by atoms with Crippen LogP contribution in [0.5, 0.6) is 0 Å². The number of amides is 1. The standard InChI is InChI=1S/C16H21N7OS.ClH/c24-16(18-7-11-3-1-2-4-17-11)12-8-23(5-6-25-12)15-13-14(20-9-19-13)21-10-22-15;/h8-11,17H,1-7H2,(H,18,24)(H,19,20,21,22);1H/t11-;/m1./s1. The van der Waals surface area contributed by atoms with E-state index in [2.05, 4.69) is 30.6 Å². The van der Waals surface area contributed by atoms with Crippen LogP contribution < -0.4 is 15.5 Å². The van der Waals surface area contributed by atoms with E-state index in [-0.39, 0.29) is 18.3 Å². The van der Waals surface area contributed by atoms with Crippen LogP contribution in [-0.4, -0.2) is 57.3 Å². The zero-order chi connectivity index (χ0) is 17.1. The summed E-state index contributed by atoms with van der Waals surface area (Å²) in [4.78, 5) is 31.0. The summed E-state index contributed by atoms with van der Waals surface area (Å²) in [5.41, 5.74) is 1.42. The number of imidazole rings is 1.